The van der Waals surface area contributed by atoms with Gasteiger partial charge in [-0.05, 0) is 101 Å². The molecule has 0 aromatic heterocycles. The van der Waals surface area contributed by atoms with E-state index in [1.165, 1.54) is 22.3 Å². The number of likely N-dealkylation sites (tertiary alicyclic amines) is 1. The lowest BCUT2D eigenvalue weighted by atomic mass is 9.99. The topological polar surface area (TPSA) is 81.8 Å². The summed E-state index contributed by atoms with van der Waals surface area (Å²) in [4.78, 5) is 17.0. The summed E-state index contributed by atoms with van der Waals surface area (Å²) in [6.07, 6.45) is 9.89. The number of nitrogens with zero attached hydrogens (tertiary/aromatic N) is 2. The third kappa shape index (κ3) is 5.30. The SMILES string of the molecule is CN1CCC(N(C)C/C=C/S(=O)(=O)NC(=O)Nc2c3c(cc4c2CCC4)CCC3)CC1. The van der Waals surface area contributed by atoms with Crippen LogP contribution in [-0.4, -0.2) is 64.0 Å². The van der Waals surface area contributed by atoms with Crippen LogP contribution in [0.4, 0.5) is 10.5 Å². The smallest absolute Gasteiger partial charge is 0.307 e. The fraction of sp³-hybridized carbons (Fsp3) is 0.609. The minimum atomic E-state index is -3.84. The first-order valence-electron chi connectivity index (χ1n) is 11.4. The van der Waals surface area contributed by atoms with E-state index in [0.29, 0.717) is 12.6 Å². The predicted octanol–water partition coefficient (Wildman–Crippen LogP) is 2.66. The van der Waals surface area contributed by atoms with Crippen molar-refractivity contribution >= 4 is 21.7 Å². The highest BCUT2D eigenvalue weighted by molar-refractivity contribution is 7.92. The van der Waals surface area contributed by atoms with Crippen molar-refractivity contribution in [2.45, 2.75) is 57.4 Å². The zero-order valence-electron chi connectivity index (χ0n) is 18.6. The first-order valence-corrected chi connectivity index (χ1v) is 12.9. The molecule has 2 N–H and O–H groups in total. The van der Waals surface area contributed by atoms with Crippen molar-refractivity contribution in [3.05, 3.63) is 39.8 Å². The summed E-state index contributed by atoms with van der Waals surface area (Å²) in [7, 11) is 0.298. The Morgan fingerprint density at radius 1 is 1.13 bits per heavy atom. The van der Waals surface area contributed by atoms with Crippen LogP contribution in [-0.2, 0) is 35.7 Å². The lowest BCUT2D eigenvalue weighted by Gasteiger charge is -2.34. The molecule has 2 aliphatic carbocycles. The standard InChI is InChI=1S/C23H34N4O3S/c1-26-13-10-19(11-14-26)27(2)12-5-15-31(29,30)25-23(28)24-22-20-8-3-6-17(20)16-18-7-4-9-21(18)22/h5,15-16,19H,3-4,6-14H2,1-2H3,(H2,24,25,28)/b15-5+. The molecule has 1 aromatic carbocycles. The van der Waals surface area contributed by atoms with Crippen LogP contribution in [0.5, 0.6) is 0 Å². The molecular formula is C23H34N4O3S. The average molecular weight is 447 g/mol. The van der Waals surface area contributed by atoms with Gasteiger partial charge in [0, 0.05) is 23.7 Å². The minimum Gasteiger partial charge on any atom is -0.307 e. The molecule has 7 nitrogen and oxygen atoms in total. The number of sulfonamides is 1. The summed E-state index contributed by atoms with van der Waals surface area (Å²) in [6.45, 7) is 2.66. The predicted molar refractivity (Wildman–Crippen MR) is 124 cm³/mol. The van der Waals surface area contributed by atoms with Gasteiger partial charge < -0.3 is 10.2 Å². The average Bonchev–Trinajstić information content (AvgIpc) is 3.37. The highest BCUT2D eigenvalue weighted by atomic mass is 32.2. The molecule has 1 aliphatic heterocycles. The molecule has 1 heterocycles. The largest absolute Gasteiger partial charge is 0.333 e. The van der Waals surface area contributed by atoms with Crippen LogP contribution in [0.25, 0.3) is 0 Å². The van der Waals surface area contributed by atoms with E-state index in [9.17, 15) is 13.2 Å². The van der Waals surface area contributed by atoms with Crippen molar-refractivity contribution in [1.29, 1.82) is 0 Å². The van der Waals surface area contributed by atoms with Gasteiger partial charge in [0.25, 0.3) is 10.0 Å². The van der Waals surface area contributed by atoms with E-state index in [1.54, 1.807) is 6.08 Å². The third-order valence-corrected chi connectivity index (χ3v) is 7.95. The molecule has 1 aromatic rings. The fourth-order valence-electron chi connectivity index (χ4n) is 5.19. The number of carbonyl (C=O) groups is 1. The molecule has 0 spiro atoms. The van der Waals surface area contributed by atoms with Crippen LogP contribution in [0, 0.1) is 0 Å². The van der Waals surface area contributed by atoms with Gasteiger partial charge >= 0.3 is 6.03 Å². The summed E-state index contributed by atoms with van der Waals surface area (Å²) in [5.74, 6) is 0. The number of hydrogen-bond donors (Lipinski definition) is 2. The Bertz CT molecular complexity index is 933. The van der Waals surface area contributed by atoms with Crippen molar-refractivity contribution < 1.29 is 13.2 Å². The molecule has 0 bridgehead atoms. The number of benzene rings is 1. The Labute approximate surface area is 185 Å². The molecule has 0 atom stereocenters. The monoisotopic (exact) mass is 446 g/mol. The molecule has 0 unspecified atom stereocenters. The first-order chi connectivity index (χ1) is 14.8. The van der Waals surface area contributed by atoms with Crippen molar-refractivity contribution in [2.24, 2.45) is 0 Å². The van der Waals surface area contributed by atoms with Crippen molar-refractivity contribution in [1.82, 2.24) is 14.5 Å². The minimum absolute atomic E-state index is 0.460. The van der Waals surface area contributed by atoms with E-state index < -0.39 is 16.1 Å². The number of anilines is 1. The normalized spacial score (nSPS) is 19.7. The van der Waals surface area contributed by atoms with Gasteiger partial charge in [-0.15, -0.1) is 0 Å². The molecule has 1 saturated heterocycles. The molecule has 8 heteroatoms. The lowest BCUT2D eigenvalue weighted by Crippen LogP contribution is -2.42. The van der Waals surface area contributed by atoms with E-state index in [4.69, 9.17) is 0 Å². The summed E-state index contributed by atoms with van der Waals surface area (Å²) >= 11 is 0. The lowest BCUT2D eigenvalue weighted by molar-refractivity contribution is 0.155. The number of aryl methyl sites for hydroxylation is 2. The number of nitrogens with one attached hydrogen (secondary N) is 2. The molecule has 3 aliphatic rings. The van der Waals surface area contributed by atoms with Gasteiger partial charge in [-0.2, -0.15) is 0 Å². The van der Waals surface area contributed by atoms with Crippen molar-refractivity contribution in [2.75, 3.05) is 39.0 Å². The fourth-order valence-corrected chi connectivity index (χ4v) is 5.91. The van der Waals surface area contributed by atoms with Gasteiger partial charge in [-0.1, -0.05) is 12.1 Å². The Balaban J connectivity index is 1.35. The number of likely N-dealkylation sites (N-methyl/N-ethyl adjacent to an activating group) is 1. The molecule has 4 rings (SSSR count). The van der Waals surface area contributed by atoms with E-state index >= 15 is 0 Å². The molecule has 2 amide bonds. The van der Waals surface area contributed by atoms with Crippen LogP contribution in [0.1, 0.15) is 47.9 Å². The molecule has 170 valence electrons. The Kier molecular flexibility index (Phi) is 6.69. The Hall–Kier alpha value is -1.90. The first kappa shape index (κ1) is 22.3. The van der Waals surface area contributed by atoms with E-state index in [-0.39, 0.29) is 0 Å². The van der Waals surface area contributed by atoms with Crippen LogP contribution in [0.15, 0.2) is 17.6 Å². The molecular weight excluding hydrogens is 412 g/mol. The molecule has 0 saturated carbocycles. The van der Waals surface area contributed by atoms with E-state index in [1.807, 2.05) is 7.05 Å². The van der Waals surface area contributed by atoms with Crippen LogP contribution < -0.4 is 10.0 Å². The number of amides is 2. The maximum Gasteiger partial charge on any atom is 0.333 e. The summed E-state index contributed by atoms with van der Waals surface area (Å²) in [5.41, 5.74) is 5.82. The van der Waals surface area contributed by atoms with Crippen molar-refractivity contribution in [3.63, 3.8) is 0 Å². The zero-order valence-corrected chi connectivity index (χ0v) is 19.4. The van der Waals surface area contributed by atoms with Gasteiger partial charge in [0.2, 0.25) is 0 Å². The summed E-state index contributed by atoms with van der Waals surface area (Å²) in [6, 6.07) is 2.07. The number of urea groups is 1. The number of piperidine rings is 1. The van der Waals surface area contributed by atoms with Gasteiger partial charge in [-0.25, -0.2) is 17.9 Å². The second-order valence-corrected chi connectivity index (χ2v) is 10.7. The molecule has 1 fully saturated rings. The van der Waals surface area contributed by atoms with Gasteiger partial charge in [0.05, 0.1) is 0 Å². The second-order valence-electron chi connectivity index (χ2n) is 9.18. The number of carbonyl (C=O) groups excluding carboxylic acids is 1. The highest BCUT2D eigenvalue weighted by Gasteiger charge is 2.25. The van der Waals surface area contributed by atoms with Crippen molar-refractivity contribution in [3.8, 4) is 0 Å². The number of fused-ring (bicyclic) bond motifs is 2. The maximum atomic E-state index is 12.6. The zero-order chi connectivity index (χ0) is 22.0. The summed E-state index contributed by atoms with van der Waals surface area (Å²) in [5, 5.41) is 3.98. The molecule has 0 radical (unpaired) electrons. The quantitative estimate of drug-likeness (QED) is 0.702. The van der Waals surface area contributed by atoms with Gasteiger partial charge in [-0.3, -0.25) is 4.90 Å². The number of hydrogen-bond acceptors (Lipinski definition) is 5. The van der Waals surface area contributed by atoms with E-state index in [0.717, 1.165) is 75.6 Å². The number of rotatable bonds is 6. The van der Waals surface area contributed by atoms with Gasteiger partial charge in [0.1, 0.15) is 0 Å². The maximum absolute atomic E-state index is 12.6. The van der Waals surface area contributed by atoms with Crippen LogP contribution >= 0.6 is 0 Å². The summed E-state index contributed by atoms with van der Waals surface area (Å²) < 4.78 is 27.0. The Morgan fingerprint density at radius 3 is 2.35 bits per heavy atom. The van der Waals surface area contributed by atoms with E-state index in [2.05, 4.69) is 33.0 Å². The third-order valence-electron chi connectivity index (χ3n) is 6.93. The molecule has 31 heavy (non-hydrogen) atoms. The van der Waals surface area contributed by atoms with Crippen LogP contribution in [0.3, 0.4) is 0 Å². The van der Waals surface area contributed by atoms with Crippen LogP contribution in [0.2, 0.25) is 0 Å². The highest BCUT2D eigenvalue weighted by Crippen LogP contribution is 2.38. The Morgan fingerprint density at radius 2 is 1.74 bits per heavy atom. The van der Waals surface area contributed by atoms with Gasteiger partial charge in [0.15, 0.2) is 0 Å². The second kappa shape index (κ2) is 9.30.